The summed E-state index contributed by atoms with van der Waals surface area (Å²) in [6, 6.07) is 9.39. The van der Waals surface area contributed by atoms with Gasteiger partial charge in [-0.15, -0.1) is 0 Å². The third-order valence-electron chi connectivity index (χ3n) is 11.8. The highest BCUT2D eigenvalue weighted by atomic mass is 32.2. The van der Waals surface area contributed by atoms with Crippen LogP contribution in [0.3, 0.4) is 0 Å². The number of anilines is 2. The Balaban J connectivity index is 1.13. The lowest BCUT2D eigenvalue weighted by atomic mass is 10.0. The van der Waals surface area contributed by atoms with E-state index in [4.69, 9.17) is 9.47 Å². The first kappa shape index (κ1) is 42.0. The molecule has 7 rings (SSSR count). The smallest absolute Gasteiger partial charge is 0.412 e. The summed E-state index contributed by atoms with van der Waals surface area (Å²) >= 11 is 0. The molecule has 0 spiro atoms. The number of nitrogens with zero attached hydrogens (tertiary/aromatic N) is 2. The van der Waals surface area contributed by atoms with Crippen molar-refractivity contribution >= 4 is 51.3 Å². The molecule has 0 unspecified atom stereocenters. The predicted molar refractivity (Wildman–Crippen MR) is 216 cm³/mol. The first-order valence-electron chi connectivity index (χ1n) is 20.3. The van der Waals surface area contributed by atoms with Gasteiger partial charge in [-0.05, 0) is 102 Å². The first-order chi connectivity index (χ1) is 27.9. The average Bonchev–Trinajstić information content (AvgIpc) is 3.95. The van der Waals surface area contributed by atoms with Crippen LogP contribution in [0.25, 0.3) is 0 Å². The second kappa shape index (κ2) is 16.1. The molecule has 318 valence electrons. The van der Waals surface area contributed by atoms with Gasteiger partial charge in [-0.2, -0.15) is 0 Å². The number of benzene rings is 2. The Morgan fingerprint density at radius 3 is 2.41 bits per heavy atom. The minimum atomic E-state index is -4.02. The van der Waals surface area contributed by atoms with Gasteiger partial charge in [-0.25, -0.2) is 22.4 Å². The minimum absolute atomic E-state index is 0.00664. The highest BCUT2D eigenvalue weighted by Crippen LogP contribution is 2.47. The Morgan fingerprint density at radius 2 is 1.71 bits per heavy atom. The van der Waals surface area contributed by atoms with E-state index in [1.54, 1.807) is 64.1 Å². The second-order valence-electron chi connectivity index (χ2n) is 17.6. The van der Waals surface area contributed by atoms with Crippen molar-refractivity contribution in [2.45, 2.75) is 133 Å². The standard InChI is InChI=1S/C42H53FN6O9S/c1-40(2,3)58-38(53)45-29-17-15-28(16-18-29)44-33-14-9-7-5-6-8-12-27-22-42(27,37(52)47-59(55,56)41(4)19-20-41)46-35(50)34-21-30(24-49(34)36(33)51)57-39(54)48-23-26-11-10-13-32(43)31(26)25-48/h8,10-13,15-18,27,30,33-34,44H,5-7,9,14,19-25H2,1-4H3,(H,45,53)(H,46,50)(H,47,52)/t27-,30-,33+,34+,42-/m1/s1. The van der Waals surface area contributed by atoms with Crippen LogP contribution in [-0.4, -0.2) is 88.7 Å². The van der Waals surface area contributed by atoms with E-state index in [1.807, 2.05) is 12.2 Å². The van der Waals surface area contributed by atoms with Crippen molar-refractivity contribution in [3.8, 4) is 0 Å². The fourth-order valence-corrected chi connectivity index (χ4v) is 9.26. The highest BCUT2D eigenvalue weighted by Gasteiger charge is 2.63. The van der Waals surface area contributed by atoms with Gasteiger partial charge in [0.1, 0.15) is 35.1 Å². The van der Waals surface area contributed by atoms with E-state index < -0.39 is 85.7 Å². The van der Waals surface area contributed by atoms with Gasteiger partial charge in [0.15, 0.2) is 0 Å². The largest absolute Gasteiger partial charge is 0.444 e. The Labute approximate surface area is 343 Å². The normalized spacial score (nSPS) is 26.5. The third kappa shape index (κ3) is 9.34. The number of sulfonamides is 1. The van der Waals surface area contributed by atoms with Crippen molar-refractivity contribution in [2.75, 3.05) is 17.2 Å². The van der Waals surface area contributed by atoms with E-state index in [1.165, 1.54) is 15.9 Å². The summed E-state index contributed by atoms with van der Waals surface area (Å²) in [7, 11) is -4.02. The number of fused-ring (bicyclic) bond motifs is 3. The fraction of sp³-hybridized carbons (Fsp3) is 0.548. The Kier molecular flexibility index (Phi) is 11.5. The van der Waals surface area contributed by atoms with E-state index >= 15 is 0 Å². The molecule has 5 amide bonds. The molecule has 3 heterocycles. The van der Waals surface area contributed by atoms with Crippen molar-refractivity contribution in [2.24, 2.45) is 5.92 Å². The van der Waals surface area contributed by atoms with Crippen LogP contribution in [0.2, 0.25) is 0 Å². The number of nitrogens with one attached hydrogen (secondary N) is 4. The van der Waals surface area contributed by atoms with Gasteiger partial charge in [0, 0.05) is 35.8 Å². The molecule has 0 aromatic heterocycles. The van der Waals surface area contributed by atoms with Crippen LogP contribution in [0.5, 0.6) is 0 Å². The van der Waals surface area contributed by atoms with Crippen molar-refractivity contribution in [3.63, 3.8) is 0 Å². The van der Waals surface area contributed by atoms with Crippen molar-refractivity contribution in [3.05, 3.63) is 71.6 Å². The number of halogens is 1. The van der Waals surface area contributed by atoms with Gasteiger partial charge in [-0.1, -0.05) is 37.1 Å². The van der Waals surface area contributed by atoms with Crippen LogP contribution in [0.15, 0.2) is 54.6 Å². The van der Waals surface area contributed by atoms with E-state index in [2.05, 4.69) is 20.7 Å². The third-order valence-corrected chi connectivity index (χ3v) is 14.0. The zero-order valence-electron chi connectivity index (χ0n) is 33.8. The van der Waals surface area contributed by atoms with Crippen molar-refractivity contribution in [1.29, 1.82) is 0 Å². The van der Waals surface area contributed by atoms with E-state index in [9.17, 15) is 36.8 Å². The summed E-state index contributed by atoms with van der Waals surface area (Å²) in [6.07, 6.45) is 5.75. The lowest BCUT2D eigenvalue weighted by Crippen LogP contribution is -2.58. The fourth-order valence-electron chi connectivity index (χ4n) is 7.95. The lowest BCUT2D eigenvalue weighted by Gasteiger charge is -2.30. The molecule has 0 radical (unpaired) electrons. The Hall–Kier alpha value is -5.19. The monoisotopic (exact) mass is 836 g/mol. The molecule has 59 heavy (non-hydrogen) atoms. The van der Waals surface area contributed by atoms with Gasteiger partial charge in [0.2, 0.25) is 21.8 Å². The summed E-state index contributed by atoms with van der Waals surface area (Å²) in [6.45, 7) is 6.86. The maximum atomic E-state index is 14.7. The summed E-state index contributed by atoms with van der Waals surface area (Å²) in [5, 5.41) is 8.85. The van der Waals surface area contributed by atoms with Crippen LogP contribution in [0, 0.1) is 11.7 Å². The maximum Gasteiger partial charge on any atom is 0.412 e. The summed E-state index contributed by atoms with van der Waals surface area (Å²) in [4.78, 5) is 71.5. The first-order valence-corrected chi connectivity index (χ1v) is 21.8. The number of carbonyl (C=O) groups is 5. The molecule has 2 aliphatic carbocycles. The van der Waals surface area contributed by atoms with Gasteiger partial charge in [0.05, 0.1) is 17.8 Å². The Bertz CT molecular complexity index is 2140. The highest BCUT2D eigenvalue weighted by molar-refractivity contribution is 7.91. The van der Waals surface area contributed by atoms with Gasteiger partial charge in [-0.3, -0.25) is 29.3 Å². The lowest BCUT2D eigenvalue weighted by molar-refractivity contribution is -0.140. The molecule has 3 fully saturated rings. The molecular formula is C42H53FN6O9S. The molecule has 5 aliphatic rings. The number of allylic oxidation sites excluding steroid dienone is 1. The van der Waals surface area contributed by atoms with Crippen molar-refractivity contribution in [1.82, 2.24) is 19.8 Å². The van der Waals surface area contributed by atoms with Crippen LogP contribution in [0.4, 0.5) is 25.4 Å². The summed E-state index contributed by atoms with van der Waals surface area (Å²) < 4.78 is 53.3. The molecule has 5 atom stereocenters. The summed E-state index contributed by atoms with van der Waals surface area (Å²) in [5.41, 5.74) is -0.135. The number of rotatable bonds is 7. The number of hydrogen-bond donors (Lipinski definition) is 4. The zero-order valence-corrected chi connectivity index (χ0v) is 34.7. The average molecular weight is 837 g/mol. The summed E-state index contributed by atoms with van der Waals surface area (Å²) in [5.74, 6) is -2.85. The molecule has 2 saturated carbocycles. The zero-order chi connectivity index (χ0) is 42.3. The number of ether oxygens (including phenoxy) is 2. The molecule has 4 N–H and O–H groups in total. The van der Waals surface area contributed by atoms with E-state index in [0.29, 0.717) is 54.6 Å². The van der Waals surface area contributed by atoms with E-state index in [-0.39, 0.29) is 32.5 Å². The predicted octanol–water partition coefficient (Wildman–Crippen LogP) is 5.47. The number of amides is 5. The van der Waals surface area contributed by atoms with Crippen LogP contribution < -0.4 is 20.7 Å². The van der Waals surface area contributed by atoms with Crippen LogP contribution >= 0.6 is 0 Å². The molecule has 2 aromatic carbocycles. The Morgan fingerprint density at radius 1 is 0.983 bits per heavy atom. The quantitative estimate of drug-likeness (QED) is 0.260. The van der Waals surface area contributed by atoms with E-state index in [0.717, 1.165) is 12.8 Å². The molecule has 17 heteroatoms. The molecular weight excluding hydrogens is 784 g/mol. The number of hydrogen-bond acceptors (Lipinski definition) is 10. The van der Waals surface area contributed by atoms with Gasteiger partial charge in [0.25, 0.3) is 5.91 Å². The maximum absolute atomic E-state index is 14.7. The number of carbonyl (C=O) groups excluding carboxylic acids is 5. The SMILES string of the molecule is CC(C)(C)OC(=O)Nc1ccc(N[C@H]2CCCCCC=C[C@@H]3C[C@@]3(C(=O)NS(=O)(=O)C3(C)CC3)NC(=O)[C@@H]3C[C@@H](OC(=O)N4Cc5cccc(F)c5C4)CN3C2=O)cc1. The molecule has 3 aliphatic heterocycles. The molecule has 1 saturated heterocycles. The van der Waals surface area contributed by atoms with Gasteiger partial charge < -0.3 is 25.0 Å². The topological polar surface area (TPSA) is 193 Å². The van der Waals surface area contributed by atoms with Crippen molar-refractivity contribution < 1.29 is 46.3 Å². The van der Waals surface area contributed by atoms with Gasteiger partial charge >= 0.3 is 12.2 Å². The minimum Gasteiger partial charge on any atom is -0.444 e. The molecule has 0 bridgehead atoms. The van der Waals surface area contributed by atoms with Crippen LogP contribution in [-0.2, 0) is 47.0 Å². The van der Waals surface area contributed by atoms with Crippen LogP contribution in [0.1, 0.15) is 96.6 Å². The molecule has 15 nitrogen and oxygen atoms in total. The molecule has 2 aromatic rings. The second-order valence-corrected chi connectivity index (χ2v) is 19.8.